The first-order chi connectivity index (χ1) is 8.61. The minimum Gasteiger partial charge on any atom is -0.271 e. The van der Waals surface area contributed by atoms with Gasteiger partial charge in [0.05, 0.1) is 21.1 Å². The molecule has 1 unspecified atom stereocenters. The molecule has 96 valence electrons. The minimum atomic E-state index is -0.272. The lowest BCUT2D eigenvalue weighted by Crippen LogP contribution is -2.29. The largest absolute Gasteiger partial charge is 0.271 e. The van der Waals surface area contributed by atoms with Crippen molar-refractivity contribution in [1.82, 2.24) is 15.0 Å². The van der Waals surface area contributed by atoms with Crippen LogP contribution in [0.15, 0.2) is 22.7 Å². The fourth-order valence-corrected chi connectivity index (χ4v) is 2.82. The van der Waals surface area contributed by atoms with Crippen LogP contribution in [0.25, 0.3) is 0 Å². The number of nitrogens with two attached hydrogens (primary N) is 1. The number of nitrogens with zero attached hydrogens (tertiary/aromatic N) is 2. The molecule has 4 nitrogen and oxygen atoms in total. The van der Waals surface area contributed by atoms with E-state index in [-0.39, 0.29) is 11.9 Å². The first-order valence-electron chi connectivity index (χ1n) is 5.30. The fraction of sp³-hybridized carbons (Fsp3) is 0.273. The first kappa shape index (κ1) is 13.5. The Morgan fingerprint density at radius 2 is 2.33 bits per heavy atom. The summed E-state index contributed by atoms with van der Waals surface area (Å²) in [6.45, 7) is 1.89. The van der Waals surface area contributed by atoms with Gasteiger partial charge >= 0.3 is 0 Å². The summed E-state index contributed by atoms with van der Waals surface area (Å²) in [6.07, 6.45) is 0.653. The normalized spacial score (nSPS) is 12.7. The molecule has 1 atom stereocenters. The van der Waals surface area contributed by atoms with Gasteiger partial charge in [0.15, 0.2) is 0 Å². The average molecular weight is 331 g/mol. The highest BCUT2D eigenvalue weighted by atomic mass is 79.9. The fourth-order valence-electron chi connectivity index (χ4n) is 1.69. The van der Waals surface area contributed by atoms with Gasteiger partial charge in [-0.25, -0.2) is 4.39 Å². The summed E-state index contributed by atoms with van der Waals surface area (Å²) in [5.41, 5.74) is 4.60. The van der Waals surface area contributed by atoms with Crippen molar-refractivity contribution in [1.29, 1.82) is 0 Å². The zero-order valence-corrected chi connectivity index (χ0v) is 12.1. The van der Waals surface area contributed by atoms with E-state index in [1.165, 1.54) is 17.6 Å². The highest BCUT2D eigenvalue weighted by Gasteiger charge is 2.16. The van der Waals surface area contributed by atoms with E-state index < -0.39 is 0 Å². The molecule has 0 aliphatic carbocycles. The van der Waals surface area contributed by atoms with E-state index in [4.69, 9.17) is 5.84 Å². The number of hydrogen-bond acceptors (Lipinski definition) is 5. The SMILES string of the molecule is Cc1nnsc1C(Cc1ccc(F)c(Br)c1)NN. The molecule has 2 aromatic rings. The Morgan fingerprint density at radius 1 is 1.56 bits per heavy atom. The molecule has 0 amide bonds. The second-order valence-corrected chi connectivity index (χ2v) is 5.53. The maximum Gasteiger partial charge on any atom is 0.137 e. The second kappa shape index (κ2) is 5.83. The van der Waals surface area contributed by atoms with Crippen LogP contribution in [0.5, 0.6) is 0 Å². The van der Waals surface area contributed by atoms with Gasteiger partial charge in [0, 0.05) is 0 Å². The maximum atomic E-state index is 13.2. The van der Waals surface area contributed by atoms with Crippen LogP contribution in [-0.4, -0.2) is 9.59 Å². The van der Waals surface area contributed by atoms with E-state index in [1.54, 1.807) is 12.1 Å². The number of rotatable bonds is 4. The summed E-state index contributed by atoms with van der Waals surface area (Å²) in [7, 11) is 0. The molecule has 0 bridgehead atoms. The Bertz CT molecular complexity index is 546. The van der Waals surface area contributed by atoms with Gasteiger partial charge in [-0.2, -0.15) is 0 Å². The third kappa shape index (κ3) is 2.92. The van der Waals surface area contributed by atoms with Gasteiger partial charge in [0.1, 0.15) is 5.82 Å². The molecule has 2 rings (SSSR count). The zero-order valence-electron chi connectivity index (χ0n) is 9.65. The van der Waals surface area contributed by atoms with Crippen molar-refractivity contribution in [2.45, 2.75) is 19.4 Å². The third-order valence-electron chi connectivity index (χ3n) is 2.63. The molecule has 0 aliphatic rings. The van der Waals surface area contributed by atoms with E-state index in [1.807, 2.05) is 6.92 Å². The third-order valence-corrected chi connectivity index (χ3v) is 4.18. The molecule has 3 N–H and O–H groups in total. The van der Waals surface area contributed by atoms with Gasteiger partial charge in [-0.3, -0.25) is 11.3 Å². The van der Waals surface area contributed by atoms with Crippen molar-refractivity contribution in [2.24, 2.45) is 5.84 Å². The Morgan fingerprint density at radius 3 is 2.89 bits per heavy atom. The quantitative estimate of drug-likeness (QED) is 0.667. The van der Waals surface area contributed by atoms with Crippen LogP contribution in [0.1, 0.15) is 22.2 Å². The number of halogens is 2. The molecule has 0 radical (unpaired) electrons. The van der Waals surface area contributed by atoms with Crippen LogP contribution in [0.3, 0.4) is 0 Å². The lowest BCUT2D eigenvalue weighted by atomic mass is 10.0. The van der Waals surface area contributed by atoms with Crippen molar-refractivity contribution in [3.05, 3.63) is 44.6 Å². The van der Waals surface area contributed by atoms with Crippen LogP contribution in [0.4, 0.5) is 4.39 Å². The van der Waals surface area contributed by atoms with E-state index in [0.29, 0.717) is 10.9 Å². The van der Waals surface area contributed by atoms with Gasteiger partial charge in [-0.05, 0) is 58.5 Å². The smallest absolute Gasteiger partial charge is 0.137 e. The lowest BCUT2D eigenvalue weighted by Gasteiger charge is -2.14. The van der Waals surface area contributed by atoms with E-state index in [9.17, 15) is 4.39 Å². The molecule has 0 aliphatic heterocycles. The number of nitrogens with one attached hydrogen (secondary N) is 1. The topological polar surface area (TPSA) is 63.8 Å². The van der Waals surface area contributed by atoms with Gasteiger partial charge in [-0.15, -0.1) is 5.10 Å². The lowest BCUT2D eigenvalue weighted by molar-refractivity contribution is 0.555. The number of hydrogen-bond donors (Lipinski definition) is 2. The second-order valence-electron chi connectivity index (χ2n) is 3.89. The van der Waals surface area contributed by atoms with Crippen LogP contribution in [0.2, 0.25) is 0 Å². The number of aromatic nitrogens is 2. The van der Waals surface area contributed by atoms with Crippen molar-refractivity contribution >= 4 is 27.5 Å². The van der Waals surface area contributed by atoms with E-state index >= 15 is 0 Å². The molecule has 0 spiro atoms. The standard InChI is InChI=1S/C11H12BrFN4S/c1-6-11(18-17-16-6)10(15-14)5-7-2-3-9(13)8(12)4-7/h2-4,10,15H,5,14H2,1H3. The van der Waals surface area contributed by atoms with Gasteiger partial charge < -0.3 is 0 Å². The van der Waals surface area contributed by atoms with Crippen LogP contribution in [0, 0.1) is 12.7 Å². The molecular weight excluding hydrogens is 319 g/mol. The predicted octanol–water partition coefficient (Wildman–Crippen LogP) is 2.50. The Balaban J connectivity index is 2.20. The molecule has 1 heterocycles. The maximum absolute atomic E-state index is 13.2. The highest BCUT2D eigenvalue weighted by Crippen LogP contribution is 2.25. The number of aryl methyl sites for hydroxylation is 1. The van der Waals surface area contributed by atoms with E-state index in [2.05, 4.69) is 30.9 Å². The molecular formula is C11H12BrFN4S. The zero-order chi connectivity index (χ0) is 13.1. The number of benzene rings is 1. The van der Waals surface area contributed by atoms with Crippen molar-refractivity contribution in [3.63, 3.8) is 0 Å². The number of hydrazine groups is 1. The average Bonchev–Trinajstić information content (AvgIpc) is 2.77. The van der Waals surface area contributed by atoms with Gasteiger partial charge in [-0.1, -0.05) is 10.6 Å². The molecule has 1 aromatic carbocycles. The summed E-state index contributed by atoms with van der Waals surface area (Å²) < 4.78 is 17.5. The summed E-state index contributed by atoms with van der Waals surface area (Å²) in [5.74, 6) is 5.29. The molecule has 7 heteroatoms. The van der Waals surface area contributed by atoms with Gasteiger partial charge in [0.2, 0.25) is 0 Å². The van der Waals surface area contributed by atoms with Gasteiger partial charge in [0.25, 0.3) is 0 Å². The summed E-state index contributed by atoms with van der Waals surface area (Å²) in [6, 6.07) is 4.87. The van der Waals surface area contributed by atoms with Crippen LogP contribution < -0.4 is 11.3 Å². The Labute approximate surface area is 117 Å². The Hall–Kier alpha value is -0.890. The summed E-state index contributed by atoms with van der Waals surface area (Å²) >= 11 is 4.49. The van der Waals surface area contributed by atoms with Crippen molar-refractivity contribution in [3.8, 4) is 0 Å². The molecule has 18 heavy (non-hydrogen) atoms. The molecule has 1 aromatic heterocycles. The molecule has 0 saturated carbocycles. The molecule has 0 fully saturated rings. The minimum absolute atomic E-state index is 0.0673. The first-order valence-corrected chi connectivity index (χ1v) is 6.87. The van der Waals surface area contributed by atoms with Crippen LogP contribution in [-0.2, 0) is 6.42 Å². The molecule has 0 saturated heterocycles. The predicted molar refractivity (Wildman–Crippen MR) is 72.5 cm³/mol. The van der Waals surface area contributed by atoms with Crippen molar-refractivity contribution in [2.75, 3.05) is 0 Å². The monoisotopic (exact) mass is 330 g/mol. The van der Waals surface area contributed by atoms with Crippen LogP contribution >= 0.6 is 27.5 Å². The summed E-state index contributed by atoms with van der Waals surface area (Å²) in [5, 5.41) is 3.96. The van der Waals surface area contributed by atoms with E-state index in [0.717, 1.165) is 16.1 Å². The van der Waals surface area contributed by atoms with Crippen molar-refractivity contribution < 1.29 is 4.39 Å². The summed E-state index contributed by atoms with van der Waals surface area (Å²) in [4.78, 5) is 0.998. The Kier molecular flexibility index (Phi) is 4.39. The highest BCUT2D eigenvalue weighted by molar-refractivity contribution is 9.10.